The average Bonchev–Trinajstić information content (AvgIpc) is 2.97. The van der Waals surface area contributed by atoms with Crippen LogP contribution in [-0.4, -0.2) is 37.0 Å². The van der Waals surface area contributed by atoms with Gasteiger partial charge in [-0.3, -0.25) is 9.48 Å². The van der Waals surface area contributed by atoms with E-state index in [-0.39, 0.29) is 28.4 Å². The van der Waals surface area contributed by atoms with Gasteiger partial charge >= 0.3 is 0 Å². The van der Waals surface area contributed by atoms with E-state index in [0.29, 0.717) is 16.4 Å². The van der Waals surface area contributed by atoms with Gasteiger partial charge in [0, 0.05) is 11.8 Å². The quantitative estimate of drug-likeness (QED) is 0.727. The van der Waals surface area contributed by atoms with Gasteiger partial charge in [0.25, 0.3) is 5.91 Å². The molecule has 2 aromatic rings. The first kappa shape index (κ1) is 21.9. The summed E-state index contributed by atoms with van der Waals surface area (Å²) in [5.74, 6) is -1.90. The fourth-order valence-electron chi connectivity index (χ4n) is 2.90. The lowest BCUT2D eigenvalue weighted by atomic mass is 10.1. The Labute approximate surface area is 165 Å². The maximum atomic E-state index is 14.2. The molecule has 1 amide bonds. The second-order valence-electron chi connectivity index (χ2n) is 7.46. The van der Waals surface area contributed by atoms with Crippen molar-refractivity contribution in [2.24, 2.45) is 0 Å². The first-order chi connectivity index (χ1) is 12.9. The van der Waals surface area contributed by atoms with E-state index in [9.17, 15) is 17.6 Å². The molecule has 0 aliphatic heterocycles. The van der Waals surface area contributed by atoms with Gasteiger partial charge in [-0.25, -0.2) is 17.1 Å². The number of amides is 1. The van der Waals surface area contributed by atoms with Crippen molar-refractivity contribution in [3.63, 3.8) is 0 Å². The Morgan fingerprint density at radius 3 is 2.39 bits per heavy atom. The maximum Gasteiger partial charge on any atom is 0.292 e. The first-order valence-electron chi connectivity index (χ1n) is 8.90. The predicted molar refractivity (Wildman–Crippen MR) is 106 cm³/mol. The lowest BCUT2D eigenvalue weighted by molar-refractivity contribution is 0.0999. The number of sulfonamides is 1. The first-order valence-corrected chi connectivity index (χ1v) is 10.5. The lowest BCUT2D eigenvalue weighted by Crippen LogP contribution is -2.39. The van der Waals surface area contributed by atoms with Crippen LogP contribution in [0.4, 0.5) is 10.1 Å². The van der Waals surface area contributed by atoms with E-state index in [0.717, 1.165) is 6.07 Å². The Hall–Kier alpha value is -2.42. The molecule has 0 fully saturated rings. The van der Waals surface area contributed by atoms with E-state index in [1.54, 1.807) is 18.5 Å². The molecular weight excluding hydrogens is 385 g/mol. The Balaban J connectivity index is 2.60. The molecule has 0 radical (unpaired) electrons. The van der Waals surface area contributed by atoms with Crippen molar-refractivity contribution < 1.29 is 22.3 Å². The van der Waals surface area contributed by atoms with E-state index in [2.05, 4.69) is 5.10 Å². The number of nitrogens with zero attached hydrogens (tertiary/aromatic N) is 3. The van der Waals surface area contributed by atoms with Crippen LogP contribution in [0.5, 0.6) is 5.75 Å². The second kappa shape index (κ2) is 7.90. The van der Waals surface area contributed by atoms with E-state index in [1.807, 2.05) is 20.8 Å². The van der Waals surface area contributed by atoms with Gasteiger partial charge in [0.2, 0.25) is 10.0 Å². The van der Waals surface area contributed by atoms with Crippen molar-refractivity contribution in [2.75, 3.05) is 17.2 Å². The summed E-state index contributed by atoms with van der Waals surface area (Å²) < 4.78 is 47.0. The summed E-state index contributed by atoms with van der Waals surface area (Å²) in [6.07, 6.45) is 0.306. The van der Waals surface area contributed by atoms with Gasteiger partial charge in [-0.1, -0.05) is 6.92 Å². The van der Waals surface area contributed by atoms with Crippen molar-refractivity contribution in [1.29, 1.82) is 0 Å². The minimum atomic E-state index is -4.02. The summed E-state index contributed by atoms with van der Waals surface area (Å²) in [4.78, 5) is 13.1. The molecule has 7 nitrogen and oxygen atoms in total. The SMILES string of the molecule is CCCS(=O)(=O)N(C(=O)c1cc(C)n(C(C)(C)C)n1)c1ccc(OC)c(F)c1. The number of anilines is 1. The van der Waals surface area contributed by atoms with Crippen LogP contribution in [-0.2, 0) is 15.6 Å². The van der Waals surface area contributed by atoms with Gasteiger partial charge in [0.05, 0.1) is 24.1 Å². The highest BCUT2D eigenvalue weighted by Gasteiger charge is 2.32. The van der Waals surface area contributed by atoms with Crippen LogP contribution >= 0.6 is 0 Å². The smallest absolute Gasteiger partial charge is 0.292 e. The molecule has 0 saturated heterocycles. The molecule has 28 heavy (non-hydrogen) atoms. The zero-order valence-corrected chi connectivity index (χ0v) is 17.8. The van der Waals surface area contributed by atoms with E-state index < -0.39 is 21.7 Å². The third kappa shape index (κ3) is 4.35. The number of hydrogen-bond donors (Lipinski definition) is 0. The Kier molecular flexibility index (Phi) is 6.18. The zero-order chi connectivity index (χ0) is 21.3. The van der Waals surface area contributed by atoms with Crippen LogP contribution < -0.4 is 9.04 Å². The number of ether oxygens (including phenoxy) is 1. The van der Waals surface area contributed by atoms with Crippen molar-refractivity contribution in [3.05, 3.63) is 41.5 Å². The van der Waals surface area contributed by atoms with Crippen molar-refractivity contribution in [3.8, 4) is 5.75 Å². The third-order valence-corrected chi connectivity index (χ3v) is 5.89. The van der Waals surface area contributed by atoms with Gasteiger partial charge in [-0.2, -0.15) is 5.10 Å². The molecule has 0 spiro atoms. The Morgan fingerprint density at radius 1 is 1.29 bits per heavy atom. The lowest BCUT2D eigenvalue weighted by Gasteiger charge is -2.23. The number of rotatable bonds is 6. The highest BCUT2D eigenvalue weighted by Crippen LogP contribution is 2.28. The molecule has 1 aromatic carbocycles. The molecule has 0 aliphatic carbocycles. The molecule has 1 aromatic heterocycles. The number of hydrogen-bond acceptors (Lipinski definition) is 5. The standard InChI is InChI=1S/C19H26FN3O4S/c1-7-10-28(25,26)22(14-8-9-17(27-6)15(20)12-14)18(24)16-11-13(2)23(21-16)19(3,4)5/h8-9,11-12H,7,10H2,1-6H3. The number of benzene rings is 1. The number of halogens is 1. The van der Waals surface area contributed by atoms with Crippen LogP contribution in [0.15, 0.2) is 24.3 Å². The minimum Gasteiger partial charge on any atom is -0.494 e. The molecule has 1 heterocycles. The largest absolute Gasteiger partial charge is 0.494 e. The number of aryl methyl sites for hydroxylation is 1. The van der Waals surface area contributed by atoms with Crippen molar-refractivity contribution in [2.45, 2.75) is 46.6 Å². The van der Waals surface area contributed by atoms with Gasteiger partial charge in [0.1, 0.15) is 0 Å². The highest BCUT2D eigenvalue weighted by atomic mass is 32.2. The summed E-state index contributed by atoms with van der Waals surface area (Å²) >= 11 is 0. The summed E-state index contributed by atoms with van der Waals surface area (Å²) in [5, 5.41) is 4.30. The number of aromatic nitrogens is 2. The molecule has 0 saturated carbocycles. The Bertz CT molecular complexity index is 978. The van der Waals surface area contributed by atoms with Crippen LogP contribution in [0.25, 0.3) is 0 Å². The molecule has 0 unspecified atom stereocenters. The Morgan fingerprint density at radius 2 is 1.93 bits per heavy atom. The van der Waals surface area contributed by atoms with Crippen LogP contribution in [0, 0.1) is 12.7 Å². The molecule has 0 bridgehead atoms. The molecule has 2 rings (SSSR count). The summed E-state index contributed by atoms with van der Waals surface area (Å²) in [6, 6.07) is 5.12. The van der Waals surface area contributed by atoms with Crippen LogP contribution in [0.2, 0.25) is 0 Å². The molecule has 154 valence electrons. The monoisotopic (exact) mass is 411 g/mol. The van der Waals surface area contributed by atoms with E-state index in [1.165, 1.54) is 25.3 Å². The molecule has 0 N–H and O–H groups in total. The third-order valence-electron chi connectivity index (χ3n) is 4.04. The summed E-state index contributed by atoms with van der Waals surface area (Å²) in [5.41, 5.74) is 0.203. The molecule has 0 atom stereocenters. The topological polar surface area (TPSA) is 81.5 Å². The van der Waals surface area contributed by atoms with Crippen molar-refractivity contribution >= 4 is 21.6 Å². The molecule has 9 heteroatoms. The number of carbonyl (C=O) groups is 1. The second-order valence-corrected chi connectivity index (χ2v) is 9.40. The summed E-state index contributed by atoms with van der Waals surface area (Å²) in [7, 11) is -2.72. The van der Waals surface area contributed by atoms with Crippen molar-refractivity contribution in [1.82, 2.24) is 9.78 Å². The van der Waals surface area contributed by atoms with Gasteiger partial charge in [-0.05, 0) is 52.3 Å². The normalized spacial score (nSPS) is 12.1. The number of carbonyl (C=O) groups excluding carboxylic acids is 1. The van der Waals surface area contributed by atoms with Crippen LogP contribution in [0.1, 0.15) is 50.3 Å². The van der Waals surface area contributed by atoms with Crippen LogP contribution in [0.3, 0.4) is 0 Å². The maximum absolute atomic E-state index is 14.2. The molecular formula is C19H26FN3O4S. The predicted octanol–water partition coefficient (Wildman–Crippen LogP) is 3.48. The summed E-state index contributed by atoms with van der Waals surface area (Å²) in [6.45, 7) is 9.24. The average molecular weight is 411 g/mol. The highest BCUT2D eigenvalue weighted by molar-refractivity contribution is 7.93. The van der Waals surface area contributed by atoms with Gasteiger partial charge in [-0.15, -0.1) is 0 Å². The number of methoxy groups -OCH3 is 1. The van der Waals surface area contributed by atoms with Gasteiger partial charge in [0.15, 0.2) is 17.3 Å². The van der Waals surface area contributed by atoms with E-state index in [4.69, 9.17) is 4.74 Å². The molecule has 0 aliphatic rings. The van der Waals surface area contributed by atoms with Gasteiger partial charge < -0.3 is 4.74 Å². The van der Waals surface area contributed by atoms with E-state index >= 15 is 0 Å². The zero-order valence-electron chi connectivity index (χ0n) is 17.0. The fraction of sp³-hybridized carbons (Fsp3) is 0.474. The minimum absolute atomic E-state index is 0.0247. The fourth-order valence-corrected chi connectivity index (χ4v) is 4.38.